The number of carbonyl (C=O) groups excluding carboxylic acids is 1. The summed E-state index contributed by atoms with van der Waals surface area (Å²) in [5.41, 5.74) is 1.78. The van der Waals surface area contributed by atoms with Gasteiger partial charge in [0.1, 0.15) is 11.6 Å². The van der Waals surface area contributed by atoms with E-state index < -0.39 is 0 Å². The highest BCUT2D eigenvalue weighted by molar-refractivity contribution is 5.94. The molecule has 0 spiro atoms. The van der Waals surface area contributed by atoms with Crippen LogP contribution in [0, 0.1) is 0 Å². The number of carbonyl (C=O) groups is 1. The topological polar surface area (TPSA) is 81.9 Å². The average molecular weight is 363 g/mol. The molecule has 4 rings (SSSR count). The second-order valence-electron chi connectivity index (χ2n) is 7.54. The Labute approximate surface area is 157 Å². The smallest absolute Gasteiger partial charge is 0.321 e. The number of benzene rings is 1. The van der Waals surface area contributed by atoms with Gasteiger partial charge in [0.05, 0.1) is 11.7 Å². The summed E-state index contributed by atoms with van der Waals surface area (Å²) in [6, 6.07) is 9.71. The van der Waals surface area contributed by atoms with Gasteiger partial charge in [0.15, 0.2) is 0 Å². The second kappa shape index (κ2) is 6.50. The normalized spacial score (nSPS) is 16.6. The van der Waals surface area contributed by atoms with Gasteiger partial charge in [-0.25, -0.2) is 14.6 Å². The van der Waals surface area contributed by atoms with Gasteiger partial charge in [-0.05, 0) is 44.5 Å². The van der Waals surface area contributed by atoms with Crippen LogP contribution < -0.4 is 10.1 Å². The minimum atomic E-state index is -0.224. The molecule has 0 unspecified atom stereocenters. The molecule has 0 bridgehead atoms. The number of hydrogen-bond donors (Lipinski definition) is 1. The van der Waals surface area contributed by atoms with Crippen molar-refractivity contribution in [2.75, 3.05) is 5.32 Å². The van der Waals surface area contributed by atoms with Gasteiger partial charge in [-0.2, -0.15) is 5.10 Å². The van der Waals surface area contributed by atoms with Crippen molar-refractivity contribution in [3.8, 4) is 11.8 Å². The van der Waals surface area contributed by atoms with E-state index in [1.54, 1.807) is 18.5 Å². The van der Waals surface area contributed by atoms with Gasteiger partial charge in [0.2, 0.25) is 5.91 Å². The number of ether oxygens (including phenoxy) is 1. The zero-order valence-electron chi connectivity index (χ0n) is 15.5. The lowest BCUT2D eigenvalue weighted by atomic mass is 9.87. The predicted octanol–water partition coefficient (Wildman–Crippen LogP) is 3.69. The van der Waals surface area contributed by atoms with E-state index in [1.807, 2.05) is 35.1 Å². The van der Waals surface area contributed by atoms with Crippen LogP contribution in [0.25, 0.3) is 0 Å². The maximum Gasteiger partial charge on any atom is 0.321 e. The maximum absolute atomic E-state index is 12.4. The molecule has 27 heavy (non-hydrogen) atoms. The minimum absolute atomic E-state index is 0.0174. The van der Waals surface area contributed by atoms with Crippen LogP contribution in [-0.4, -0.2) is 25.7 Å². The van der Waals surface area contributed by atoms with E-state index in [9.17, 15) is 4.79 Å². The van der Waals surface area contributed by atoms with Crippen LogP contribution in [0.1, 0.15) is 44.2 Å². The van der Waals surface area contributed by atoms with Crippen LogP contribution in [0.15, 0.2) is 48.9 Å². The van der Waals surface area contributed by atoms with Crippen molar-refractivity contribution in [1.82, 2.24) is 19.7 Å². The SMILES string of the molecule is CC(C)(C)n1ncc2c1NC(=O)C[C@@H]2c1cccc(Oc2ncccn2)c1. The molecule has 1 aromatic carbocycles. The Balaban J connectivity index is 1.69. The summed E-state index contributed by atoms with van der Waals surface area (Å²) in [6.45, 7) is 6.18. The zero-order valence-corrected chi connectivity index (χ0v) is 15.5. The molecule has 0 saturated heterocycles. The molecular weight excluding hydrogens is 342 g/mol. The van der Waals surface area contributed by atoms with Crippen LogP contribution in [0.2, 0.25) is 0 Å². The van der Waals surface area contributed by atoms with E-state index in [2.05, 4.69) is 41.2 Å². The Morgan fingerprint density at radius 2 is 1.96 bits per heavy atom. The van der Waals surface area contributed by atoms with Crippen molar-refractivity contribution in [3.63, 3.8) is 0 Å². The highest BCUT2D eigenvalue weighted by Crippen LogP contribution is 2.39. The van der Waals surface area contributed by atoms with Crippen molar-refractivity contribution in [1.29, 1.82) is 0 Å². The summed E-state index contributed by atoms with van der Waals surface area (Å²) in [6.07, 6.45) is 5.47. The first-order valence-electron chi connectivity index (χ1n) is 8.85. The Morgan fingerprint density at radius 1 is 1.19 bits per heavy atom. The third-order valence-electron chi connectivity index (χ3n) is 4.47. The van der Waals surface area contributed by atoms with E-state index >= 15 is 0 Å². The lowest BCUT2D eigenvalue weighted by molar-refractivity contribution is -0.116. The molecule has 7 heteroatoms. The van der Waals surface area contributed by atoms with E-state index in [-0.39, 0.29) is 23.4 Å². The molecule has 1 aliphatic heterocycles. The minimum Gasteiger partial charge on any atom is -0.424 e. The molecular formula is C20H21N5O2. The van der Waals surface area contributed by atoms with Gasteiger partial charge in [-0.1, -0.05) is 12.1 Å². The maximum atomic E-state index is 12.4. The molecule has 0 fully saturated rings. The quantitative estimate of drug-likeness (QED) is 0.767. The summed E-state index contributed by atoms with van der Waals surface area (Å²) in [5, 5.41) is 7.50. The number of fused-ring (bicyclic) bond motifs is 1. The molecule has 0 radical (unpaired) electrons. The van der Waals surface area contributed by atoms with E-state index in [1.165, 1.54) is 0 Å². The molecule has 0 saturated carbocycles. The Kier molecular flexibility index (Phi) is 4.14. The second-order valence-corrected chi connectivity index (χ2v) is 7.54. The summed E-state index contributed by atoms with van der Waals surface area (Å²) in [5.74, 6) is 1.30. The van der Waals surface area contributed by atoms with Crippen LogP contribution in [-0.2, 0) is 10.3 Å². The molecule has 3 aromatic rings. The molecule has 138 valence electrons. The van der Waals surface area contributed by atoms with Crippen LogP contribution >= 0.6 is 0 Å². The van der Waals surface area contributed by atoms with Crippen molar-refractivity contribution in [2.45, 2.75) is 38.6 Å². The number of amides is 1. The fraction of sp³-hybridized carbons (Fsp3) is 0.300. The monoisotopic (exact) mass is 363 g/mol. The number of aromatic nitrogens is 4. The van der Waals surface area contributed by atoms with Gasteiger partial charge in [-0.15, -0.1) is 0 Å². The highest BCUT2D eigenvalue weighted by Gasteiger charge is 2.32. The van der Waals surface area contributed by atoms with Crippen LogP contribution in [0.4, 0.5) is 5.82 Å². The molecule has 2 aromatic heterocycles. The fourth-order valence-electron chi connectivity index (χ4n) is 3.26. The first kappa shape index (κ1) is 17.2. The highest BCUT2D eigenvalue weighted by atomic mass is 16.5. The van der Waals surface area contributed by atoms with Crippen LogP contribution in [0.3, 0.4) is 0 Å². The number of hydrogen-bond acceptors (Lipinski definition) is 5. The van der Waals surface area contributed by atoms with Gasteiger partial charge in [0.25, 0.3) is 0 Å². The number of anilines is 1. The first-order valence-corrected chi connectivity index (χ1v) is 8.85. The Bertz CT molecular complexity index is 976. The number of nitrogens with one attached hydrogen (secondary N) is 1. The van der Waals surface area contributed by atoms with Gasteiger partial charge in [-0.3, -0.25) is 4.79 Å². The van der Waals surface area contributed by atoms with Crippen molar-refractivity contribution < 1.29 is 9.53 Å². The molecule has 1 N–H and O–H groups in total. The lowest BCUT2D eigenvalue weighted by Crippen LogP contribution is -2.30. The first-order chi connectivity index (χ1) is 12.9. The summed E-state index contributed by atoms with van der Waals surface area (Å²) in [4.78, 5) is 20.5. The third kappa shape index (κ3) is 3.40. The van der Waals surface area contributed by atoms with E-state index in [0.29, 0.717) is 12.2 Å². The van der Waals surface area contributed by atoms with Crippen LogP contribution in [0.5, 0.6) is 11.8 Å². The summed E-state index contributed by atoms with van der Waals surface area (Å²) >= 11 is 0. The van der Waals surface area contributed by atoms with Crippen molar-refractivity contribution in [2.24, 2.45) is 0 Å². The van der Waals surface area contributed by atoms with E-state index in [4.69, 9.17) is 4.74 Å². The average Bonchev–Trinajstić information content (AvgIpc) is 3.06. The van der Waals surface area contributed by atoms with Crippen molar-refractivity contribution in [3.05, 3.63) is 60.0 Å². The predicted molar refractivity (Wildman–Crippen MR) is 101 cm³/mol. The largest absolute Gasteiger partial charge is 0.424 e. The Hall–Kier alpha value is -3.22. The van der Waals surface area contributed by atoms with Gasteiger partial charge >= 0.3 is 6.01 Å². The molecule has 1 aliphatic rings. The molecule has 3 heterocycles. The summed E-state index contributed by atoms with van der Waals surface area (Å²) < 4.78 is 7.61. The standard InChI is InChI=1S/C20H21N5O2/c1-20(2,3)25-18-16(12-23-25)15(11-17(26)24-18)13-6-4-7-14(10-13)27-19-21-8-5-9-22-19/h4-10,12,15H,11H2,1-3H3,(H,24,26)/t15-/m1/s1. The fourth-order valence-corrected chi connectivity index (χ4v) is 3.26. The number of rotatable bonds is 3. The lowest BCUT2D eigenvalue weighted by Gasteiger charge is -2.28. The Morgan fingerprint density at radius 3 is 2.70 bits per heavy atom. The third-order valence-corrected chi connectivity index (χ3v) is 4.47. The van der Waals surface area contributed by atoms with E-state index in [0.717, 1.165) is 16.9 Å². The molecule has 1 atom stereocenters. The van der Waals surface area contributed by atoms with Crippen molar-refractivity contribution >= 4 is 11.7 Å². The van der Waals surface area contributed by atoms with Gasteiger partial charge in [0, 0.05) is 30.3 Å². The molecule has 7 nitrogen and oxygen atoms in total. The molecule has 1 amide bonds. The summed E-state index contributed by atoms with van der Waals surface area (Å²) in [7, 11) is 0. The van der Waals surface area contributed by atoms with Gasteiger partial charge < -0.3 is 10.1 Å². The zero-order chi connectivity index (χ0) is 19.0. The molecule has 0 aliphatic carbocycles. The number of nitrogens with zero attached hydrogens (tertiary/aromatic N) is 4.